The molecule has 0 amide bonds. The first-order valence-electron chi connectivity index (χ1n) is 2.59. The van der Waals surface area contributed by atoms with Crippen molar-refractivity contribution in [1.29, 1.82) is 0 Å². The van der Waals surface area contributed by atoms with Gasteiger partial charge in [0.1, 0.15) is 4.32 Å². The van der Waals surface area contributed by atoms with Crippen LogP contribution in [0.1, 0.15) is 13.8 Å². The maximum absolute atomic E-state index is 4.67. The third-order valence-electron chi connectivity index (χ3n) is 0.662. The average molecular weight is 149 g/mol. The van der Waals surface area contributed by atoms with Crippen molar-refractivity contribution in [2.24, 2.45) is 5.92 Å². The molecule has 0 radical (unpaired) electrons. The summed E-state index contributed by atoms with van der Waals surface area (Å²) in [7, 11) is 0. The van der Waals surface area contributed by atoms with Gasteiger partial charge in [-0.2, -0.15) is 0 Å². The van der Waals surface area contributed by atoms with E-state index in [1.165, 1.54) is 0 Å². The van der Waals surface area contributed by atoms with E-state index in [2.05, 4.69) is 44.0 Å². The molecule has 0 saturated carbocycles. The van der Waals surface area contributed by atoms with Crippen molar-refractivity contribution in [3.63, 3.8) is 0 Å². The van der Waals surface area contributed by atoms with Gasteiger partial charge in [0.25, 0.3) is 0 Å². The maximum atomic E-state index is 4.67. The summed E-state index contributed by atoms with van der Waals surface area (Å²) < 4.78 is 0.582. The van der Waals surface area contributed by atoms with Crippen LogP contribution in [-0.4, -0.2) is 10.9 Å². The first-order valence-corrected chi connectivity index (χ1v) is 3.45. The summed E-state index contributed by atoms with van der Waals surface area (Å²) in [5.74, 6) is 0.639. The van der Waals surface area contributed by atoms with E-state index in [-0.39, 0.29) is 0 Å². The summed E-state index contributed by atoms with van der Waals surface area (Å²) in [4.78, 5) is 0. The van der Waals surface area contributed by atoms with Crippen LogP contribution >= 0.6 is 24.8 Å². The Morgan fingerprint density at radius 1 is 1.75 bits per heavy atom. The van der Waals surface area contributed by atoms with Crippen molar-refractivity contribution in [1.82, 2.24) is 5.32 Å². The Hall–Kier alpha value is 0.240. The van der Waals surface area contributed by atoms with Crippen molar-refractivity contribution < 1.29 is 0 Å². The van der Waals surface area contributed by atoms with Gasteiger partial charge in [-0.05, 0) is 5.92 Å². The van der Waals surface area contributed by atoms with E-state index in [0.717, 1.165) is 6.54 Å². The van der Waals surface area contributed by atoms with Crippen LogP contribution in [-0.2, 0) is 0 Å². The van der Waals surface area contributed by atoms with Crippen LogP contribution in [0.15, 0.2) is 0 Å². The quantitative estimate of drug-likeness (QED) is 0.455. The molecule has 0 saturated heterocycles. The van der Waals surface area contributed by atoms with Crippen molar-refractivity contribution in [3.05, 3.63) is 0 Å². The molecule has 0 aromatic carbocycles. The molecule has 0 aromatic rings. The van der Waals surface area contributed by atoms with E-state index in [9.17, 15) is 0 Å². The fraction of sp³-hybridized carbons (Fsp3) is 0.800. The molecule has 0 aliphatic rings. The van der Waals surface area contributed by atoms with E-state index >= 15 is 0 Å². The summed E-state index contributed by atoms with van der Waals surface area (Å²) in [6.07, 6.45) is 0. The molecule has 0 aromatic heterocycles. The van der Waals surface area contributed by atoms with Crippen LogP contribution in [0.4, 0.5) is 0 Å². The number of nitrogens with one attached hydrogen (secondary N) is 1. The third-order valence-corrected chi connectivity index (χ3v) is 0.964. The lowest BCUT2D eigenvalue weighted by Gasteiger charge is -2.04. The number of rotatable bonds is 2. The molecule has 0 atom stereocenters. The van der Waals surface area contributed by atoms with Crippen molar-refractivity contribution in [3.8, 4) is 0 Å². The van der Waals surface area contributed by atoms with Gasteiger partial charge < -0.3 is 5.32 Å². The predicted molar refractivity (Wildman–Crippen MR) is 44.4 cm³/mol. The Morgan fingerprint density at radius 2 is 2.25 bits per heavy atom. The van der Waals surface area contributed by atoms with E-state index in [1.54, 1.807) is 0 Å². The number of hydrogen-bond donors (Lipinski definition) is 2. The van der Waals surface area contributed by atoms with Gasteiger partial charge in [-0.15, -0.1) is 12.6 Å². The molecule has 0 aliphatic heterocycles. The molecule has 48 valence electrons. The summed E-state index contributed by atoms with van der Waals surface area (Å²) >= 11 is 8.56. The fourth-order valence-corrected chi connectivity index (χ4v) is 0.466. The lowest BCUT2D eigenvalue weighted by molar-refractivity contribution is 0.630. The van der Waals surface area contributed by atoms with Gasteiger partial charge in [0.2, 0.25) is 0 Å². The summed E-state index contributed by atoms with van der Waals surface area (Å²) in [6.45, 7) is 5.17. The van der Waals surface area contributed by atoms with Gasteiger partial charge in [-0.3, -0.25) is 0 Å². The van der Waals surface area contributed by atoms with Crippen LogP contribution in [0, 0.1) is 5.92 Å². The number of thiocarbonyl (C=S) groups is 1. The standard InChI is InChI=1S/C5H11NS2/c1-4(2)3-6-5(7)8/h4H,3H2,1-2H3,(H2,6,7,8). The van der Waals surface area contributed by atoms with Gasteiger partial charge >= 0.3 is 0 Å². The molecule has 0 bridgehead atoms. The highest BCUT2D eigenvalue weighted by Crippen LogP contribution is 1.87. The molecule has 0 heterocycles. The Morgan fingerprint density at radius 3 is 2.38 bits per heavy atom. The minimum Gasteiger partial charge on any atom is -0.371 e. The van der Waals surface area contributed by atoms with Crippen LogP contribution in [0.5, 0.6) is 0 Å². The van der Waals surface area contributed by atoms with Gasteiger partial charge in [0, 0.05) is 6.54 Å². The summed E-state index contributed by atoms with van der Waals surface area (Å²) in [6, 6.07) is 0. The van der Waals surface area contributed by atoms with Crippen LogP contribution < -0.4 is 5.32 Å². The minimum atomic E-state index is 0.582. The Labute approximate surface area is 61.3 Å². The van der Waals surface area contributed by atoms with Crippen molar-refractivity contribution in [2.45, 2.75) is 13.8 Å². The minimum absolute atomic E-state index is 0.582. The normalized spacial score (nSPS) is 9.50. The summed E-state index contributed by atoms with van der Waals surface area (Å²) in [5.41, 5.74) is 0. The predicted octanol–water partition coefficient (Wildman–Crippen LogP) is 1.45. The van der Waals surface area contributed by atoms with Gasteiger partial charge in [-0.25, -0.2) is 0 Å². The van der Waals surface area contributed by atoms with E-state index < -0.39 is 0 Å². The highest BCUT2D eigenvalue weighted by molar-refractivity contribution is 8.11. The molecular weight excluding hydrogens is 138 g/mol. The molecule has 1 nitrogen and oxygen atoms in total. The lowest BCUT2D eigenvalue weighted by Crippen LogP contribution is -2.21. The Bertz CT molecular complexity index is 80.5. The Balaban J connectivity index is 3.05. The van der Waals surface area contributed by atoms with E-state index in [0.29, 0.717) is 10.2 Å². The molecule has 0 aliphatic carbocycles. The molecule has 0 spiro atoms. The topological polar surface area (TPSA) is 12.0 Å². The first-order chi connectivity index (χ1) is 3.63. The van der Waals surface area contributed by atoms with Crippen LogP contribution in [0.25, 0.3) is 0 Å². The second kappa shape index (κ2) is 4.15. The zero-order valence-corrected chi connectivity index (χ0v) is 6.85. The zero-order chi connectivity index (χ0) is 6.57. The monoisotopic (exact) mass is 149 g/mol. The van der Waals surface area contributed by atoms with Gasteiger partial charge in [0.15, 0.2) is 0 Å². The van der Waals surface area contributed by atoms with E-state index in [4.69, 9.17) is 0 Å². The molecule has 8 heavy (non-hydrogen) atoms. The van der Waals surface area contributed by atoms with Gasteiger partial charge in [-0.1, -0.05) is 26.1 Å². The highest BCUT2D eigenvalue weighted by atomic mass is 32.1. The average Bonchev–Trinajstić information content (AvgIpc) is 1.61. The molecule has 0 unspecified atom stereocenters. The second-order valence-corrected chi connectivity index (χ2v) is 3.24. The molecule has 1 N–H and O–H groups in total. The molecule has 0 fully saturated rings. The second-order valence-electron chi connectivity index (χ2n) is 2.08. The van der Waals surface area contributed by atoms with Crippen LogP contribution in [0.3, 0.4) is 0 Å². The molecule has 0 rings (SSSR count). The maximum Gasteiger partial charge on any atom is 0.130 e. The third kappa shape index (κ3) is 6.24. The lowest BCUT2D eigenvalue weighted by atomic mass is 10.2. The molecular formula is C5H11NS2. The zero-order valence-electron chi connectivity index (χ0n) is 5.14. The van der Waals surface area contributed by atoms with Crippen molar-refractivity contribution >= 4 is 29.2 Å². The smallest absolute Gasteiger partial charge is 0.130 e. The molecule has 3 heteroatoms. The Kier molecular flexibility index (Phi) is 4.28. The SMILES string of the molecule is CC(C)CNC(=S)S. The first kappa shape index (κ1) is 8.24. The summed E-state index contributed by atoms with van der Waals surface area (Å²) in [5, 5.41) is 2.94. The number of thiol groups is 1. The largest absolute Gasteiger partial charge is 0.371 e. The van der Waals surface area contributed by atoms with Crippen LogP contribution in [0.2, 0.25) is 0 Å². The fourth-order valence-electron chi connectivity index (χ4n) is 0.291. The van der Waals surface area contributed by atoms with Gasteiger partial charge in [0.05, 0.1) is 0 Å². The number of hydrogen-bond acceptors (Lipinski definition) is 1. The highest BCUT2D eigenvalue weighted by Gasteiger charge is 1.90. The van der Waals surface area contributed by atoms with E-state index in [1.807, 2.05) is 0 Å². The van der Waals surface area contributed by atoms with Crippen molar-refractivity contribution in [2.75, 3.05) is 6.54 Å².